The van der Waals surface area contributed by atoms with Gasteiger partial charge in [0, 0.05) is 0 Å². The molecule has 0 saturated carbocycles. The van der Waals surface area contributed by atoms with Crippen LogP contribution in [0.2, 0.25) is 0 Å². The highest BCUT2D eigenvalue weighted by Gasteiger charge is 1.93. The lowest BCUT2D eigenvalue weighted by atomic mass is 10.0. The molecule has 0 aromatic heterocycles. The summed E-state index contributed by atoms with van der Waals surface area (Å²) in [6.07, 6.45) is 23.4. The van der Waals surface area contributed by atoms with Gasteiger partial charge in [0.1, 0.15) is 0 Å². The summed E-state index contributed by atoms with van der Waals surface area (Å²) in [5, 5.41) is 0. The summed E-state index contributed by atoms with van der Waals surface area (Å²) in [4.78, 5) is 0. The van der Waals surface area contributed by atoms with Crippen molar-refractivity contribution in [1.82, 2.24) is 0 Å². The van der Waals surface area contributed by atoms with Crippen molar-refractivity contribution < 1.29 is 0 Å². The molecule has 0 rings (SSSR count). The van der Waals surface area contributed by atoms with Crippen LogP contribution in [0.5, 0.6) is 0 Å². The lowest BCUT2D eigenvalue weighted by Gasteiger charge is -2.03. The number of hydrogen-bond acceptors (Lipinski definition) is 0. The fraction of sp³-hybridized carbons (Fsp3) is 1.00. The third kappa shape index (κ3) is 20.5. The summed E-state index contributed by atoms with van der Waals surface area (Å²) in [5.74, 6) is 0. The first-order chi connectivity index (χ1) is 8.91. The highest BCUT2D eigenvalue weighted by molar-refractivity contribution is 4.49. The van der Waals surface area contributed by atoms with E-state index >= 15 is 0 Å². The Bertz CT molecular complexity index is 112. The molecule has 0 amide bonds. The summed E-state index contributed by atoms with van der Waals surface area (Å²) in [7, 11) is 0. The second kappa shape index (κ2) is 20.3. The van der Waals surface area contributed by atoms with Crippen LogP contribution in [0.25, 0.3) is 0 Å². The van der Waals surface area contributed by atoms with Crippen molar-refractivity contribution in [2.45, 2.75) is 124 Å². The number of unbranched alkanes of at least 4 members (excludes halogenated alkanes) is 15. The standard InChI is InChI=1S/C18H38.CH4/c1-3-5-7-9-11-13-15-17-18-16-14-12-10-8-6-4-2;/h3-18H2,1-2H3;1H4. The molecule has 0 heteroatoms. The second-order valence-electron chi connectivity index (χ2n) is 5.95. The zero-order valence-electron chi connectivity index (χ0n) is 13.3. The Kier molecular flexibility index (Phi) is 22.8. The van der Waals surface area contributed by atoms with E-state index in [0.29, 0.717) is 0 Å². The maximum absolute atomic E-state index is 2.29. The minimum Gasteiger partial charge on any atom is -0.0776 e. The topological polar surface area (TPSA) is 0 Å². The fourth-order valence-corrected chi connectivity index (χ4v) is 2.62. The molecule has 0 atom stereocenters. The molecule has 0 aromatic carbocycles. The number of hydrogen-bond donors (Lipinski definition) is 0. The molecule has 0 nitrogen and oxygen atoms in total. The van der Waals surface area contributed by atoms with Crippen LogP contribution in [-0.2, 0) is 0 Å². The van der Waals surface area contributed by atoms with Gasteiger partial charge in [0.15, 0.2) is 0 Å². The first-order valence-corrected chi connectivity index (χ1v) is 8.91. The first kappa shape index (κ1) is 21.3. The average Bonchev–Trinajstić information content (AvgIpc) is 2.39. The van der Waals surface area contributed by atoms with Crippen LogP contribution in [0.3, 0.4) is 0 Å². The third-order valence-corrected chi connectivity index (χ3v) is 3.96. The van der Waals surface area contributed by atoms with Gasteiger partial charge in [0.05, 0.1) is 0 Å². The SMILES string of the molecule is C.CCCCCCCCCCCCCCCCCC. The summed E-state index contributed by atoms with van der Waals surface area (Å²) < 4.78 is 0. The normalized spacial score (nSPS) is 10.4. The Labute approximate surface area is 124 Å². The fourth-order valence-electron chi connectivity index (χ4n) is 2.62. The van der Waals surface area contributed by atoms with Crippen molar-refractivity contribution in [2.24, 2.45) is 0 Å². The molecule has 0 heterocycles. The predicted molar refractivity (Wildman–Crippen MR) is 92.0 cm³/mol. The average molecular weight is 271 g/mol. The van der Waals surface area contributed by atoms with Gasteiger partial charge in [-0.25, -0.2) is 0 Å². The quantitative estimate of drug-likeness (QED) is 0.265. The van der Waals surface area contributed by atoms with E-state index < -0.39 is 0 Å². The molecule has 0 unspecified atom stereocenters. The van der Waals surface area contributed by atoms with Crippen molar-refractivity contribution in [2.75, 3.05) is 0 Å². The Hall–Kier alpha value is 0. The summed E-state index contributed by atoms with van der Waals surface area (Å²) in [5.41, 5.74) is 0. The molecular formula is C19H42. The highest BCUT2D eigenvalue weighted by Crippen LogP contribution is 2.13. The van der Waals surface area contributed by atoms with Crippen molar-refractivity contribution >= 4 is 0 Å². The lowest BCUT2D eigenvalue weighted by molar-refractivity contribution is 0.531. The minimum absolute atomic E-state index is 0. The third-order valence-electron chi connectivity index (χ3n) is 3.96. The molecule has 0 saturated heterocycles. The number of rotatable bonds is 15. The van der Waals surface area contributed by atoms with Crippen LogP contribution in [0.4, 0.5) is 0 Å². The van der Waals surface area contributed by atoms with E-state index in [0.717, 1.165) is 0 Å². The van der Waals surface area contributed by atoms with E-state index in [4.69, 9.17) is 0 Å². The van der Waals surface area contributed by atoms with Crippen LogP contribution in [0.1, 0.15) is 124 Å². The molecule has 0 aliphatic rings. The summed E-state index contributed by atoms with van der Waals surface area (Å²) in [6, 6.07) is 0. The van der Waals surface area contributed by atoms with Gasteiger partial charge in [0.2, 0.25) is 0 Å². The molecule has 0 fully saturated rings. The van der Waals surface area contributed by atoms with Gasteiger partial charge in [0.25, 0.3) is 0 Å². The Morgan fingerprint density at radius 2 is 0.474 bits per heavy atom. The van der Waals surface area contributed by atoms with Gasteiger partial charge in [-0.2, -0.15) is 0 Å². The Balaban J connectivity index is 0. The van der Waals surface area contributed by atoms with Crippen molar-refractivity contribution in [1.29, 1.82) is 0 Å². The molecule has 0 bridgehead atoms. The smallest absolute Gasteiger partial charge is 0.0533 e. The van der Waals surface area contributed by atoms with E-state index in [9.17, 15) is 0 Å². The molecular weight excluding hydrogens is 228 g/mol. The van der Waals surface area contributed by atoms with Crippen molar-refractivity contribution in [3.05, 3.63) is 0 Å². The van der Waals surface area contributed by atoms with Gasteiger partial charge in [-0.05, 0) is 0 Å². The van der Waals surface area contributed by atoms with Gasteiger partial charge >= 0.3 is 0 Å². The van der Waals surface area contributed by atoms with Gasteiger partial charge in [-0.1, -0.05) is 124 Å². The van der Waals surface area contributed by atoms with Crippen LogP contribution < -0.4 is 0 Å². The molecule has 0 spiro atoms. The van der Waals surface area contributed by atoms with Crippen LogP contribution >= 0.6 is 0 Å². The second-order valence-corrected chi connectivity index (χ2v) is 5.95. The summed E-state index contributed by atoms with van der Waals surface area (Å²) in [6.45, 7) is 4.59. The lowest BCUT2D eigenvalue weighted by Crippen LogP contribution is -1.83. The Morgan fingerprint density at radius 3 is 0.632 bits per heavy atom. The van der Waals surface area contributed by atoms with Gasteiger partial charge in [-0.3, -0.25) is 0 Å². The molecule has 19 heavy (non-hydrogen) atoms. The van der Waals surface area contributed by atoms with Crippen LogP contribution in [0.15, 0.2) is 0 Å². The van der Waals surface area contributed by atoms with E-state index in [1.165, 1.54) is 103 Å². The maximum Gasteiger partial charge on any atom is -0.0533 e. The van der Waals surface area contributed by atoms with E-state index in [2.05, 4.69) is 13.8 Å². The van der Waals surface area contributed by atoms with E-state index in [1.54, 1.807) is 0 Å². The molecule has 0 radical (unpaired) electrons. The Morgan fingerprint density at radius 1 is 0.316 bits per heavy atom. The van der Waals surface area contributed by atoms with E-state index in [-0.39, 0.29) is 7.43 Å². The molecule has 0 aliphatic carbocycles. The first-order valence-electron chi connectivity index (χ1n) is 8.91. The van der Waals surface area contributed by atoms with Crippen LogP contribution in [0, 0.1) is 0 Å². The summed E-state index contributed by atoms with van der Waals surface area (Å²) >= 11 is 0. The van der Waals surface area contributed by atoms with Crippen molar-refractivity contribution in [3.63, 3.8) is 0 Å². The largest absolute Gasteiger partial charge is 0.0776 e. The van der Waals surface area contributed by atoms with Gasteiger partial charge in [-0.15, -0.1) is 0 Å². The molecule has 118 valence electrons. The molecule has 0 aromatic rings. The predicted octanol–water partition coefficient (Wildman–Crippen LogP) is 7.90. The van der Waals surface area contributed by atoms with E-state index in [1.807, 2.05) is 0 Å². The zero-order valence-corrected chi connectivity index (χ0v) is 13.3. The maximum atomic E-state index is 2.29. The van der Waals surface area contributed by atoms with Gasteiger partial charge < -0.3 is 0 Å². The van der Waals surface area contributed by atoms with Crippen molar-refractivity contribution in [3.8, 4) is 0 Å². The zero-order chi connectivity index (χ0) is 13.3. The highest BCUT2D eigenvalue weighted by atomic mass is 14.0. The molecule has 0 N–H and O–H groups in total. The molecule has 0 aliphatic heterocycles. The monoisotopic (exact) mass is 270 g/mol. The minimum atomic E-state index is 0. The van der Waals surface area contributed by atoms with Crippen LogP contribution in [-0.4, -0.2) is 0 Å².